The fourth-order valence-electron chi connectivity index (χ4n) is 3.61. The topological polar surface area (TPSA) is 71.8 Å². The van der Waals surface area contributed by atoms with E-state index in [1.165, 1.54) is 27.8 Å². The van der Waals surface area contributed by atoms with E-state index in [2.05, 4.69) is 4.98 Å². The highest BCUT2D eigenvalue weighted by Crippen LogP contribution is 2.31. The van der Waals surface area contributed by atoms with Crippen LogP contribution in [0.1, 0.15) is 11.1 Å². The first kappa shape index (κ1) is 17.8. The Morgan fingerprint density at radius 1 is 1.14 bits per heavy atom. The summed E-state index contributed by atoms with van der Waals surface area (Å²) in [6.45, 7) is 0.655. The van der Waals surface area contributed by atoms with E-state index in [0.717, 1.165) is 11.1 Å². The maximum Gasteiger partial charge on any atom is 0.281 e. The highest BCUT2D eigenvalue weighted by molar-refractivity contribution is 7.89. The van der Waals surface area contributed by atoms with Crippen molar-refractivity contribution in [2.45, 2.75) is 17.9 Å². The van der Waals surface area contributed by atoms with Gasteiger partial charge in [0.25, 0.3) is 5.56 Å². The monoisotopic (exact) mass is 431 g/mol. The third-order valence-corrected chi connectivity index (χ3v) is 8.11. The van der Waals surface area contributed by atoms with Crippen LogP contribution in [0.3, 0.4) is 0 Å². The molecule has 0 aliphatic carbocycles. The minimum atomic E-state index is -3.86. The van der Waals surface area contributed by atoms with Crippen LogP contribution in [0.2, 0.25) is 5.02 Å². The summed E-state index contributed by atoms with van der Waals surface area (Å²) in [5.74, 6) is 0. The lowest BCUT2D eigenvalue weighted by Crippen LogP contribution is -2.36. The normalized spacial score (nSPS) is 15.2. The van der Waals surface area contributed by atoms with Crippen LogP contribution in [0.25, 0.3) is 15.9 Å². The number of benzene rings is 2. The Balaban J connectivity index is 1.66. The van der Waals surface area contributed by atoms with Gasteiger partial charge in [0.2, 0.25) is 10.0 Å². The Hall–Kier alpha value is -2.26. The zero-order valence-corrected chi connectivity index (χ0v) is 16.9. The summed E-state index contributed by atoms with van der Waals surface area (Å²) in [7, 11) is -3.86. The first-order chi connectivity index (χ1) is 13.4. The predicted octanol–water partition coefficient (Wildman–Crippen LogP) is 3.31. The molecule has 0 spiro atoms. The van der Waals surface area contributed by atoms with Crippen LogP contribution in [0.15, 0.2) is 57.7 Å². The molecule has 28 heavy (non-hydrogen) atoms. The van der Waals surface area contributed by atoms with E-state index < -0.39 is 15.6 Å². The highest BCUT2D eigenvalue weighted by Gasteiger charge is 2.30. The van der Waals surface area contributed by atoms with E-state index in [4.69, 9.17) is 11.6 Å². The summed E-state index contributed by atoms with van der Waals surface area (Å²) >= 11 is 7.72. The number of halogens is 1. The van der Waals surface area contributed by atoms with Gasteiger partial charge in [-0.1, -0.05) is 35.9 Å². The van der Waals surface area contributed by atoms with Gasteiger partial charge in [0.1, 0.15) is 4.90 Å². The Bertz CT molecular complexity index is 1410. The van der Waals surface area contributed by atoms with Crippen molar-refractivity contribution in [1.82, 2.24) is 13.7 Å². The third-order valence-electron chi connectivity index (χ3n) is 5.04. The van der Waals surface area contributed by atoms with Gasteiger partial charge in [-0.2, -0.15) is 9.29 Å². The third kappa shape index (κ3) is 2.68. The Morgan fingerprint density at radius 2 is 1.93 bits per heavy atom. The second-order valence-corrected chi connectivity index (χ2v) is 9.82. The zero-order valence-electron chi connectivity index (χ0n) is 14.5. The number of nitrogens with zero attached hydrogens (tertiary/aromatic N) is 3. The first-order valence-electron chi connectivity index (χ1n) is 8.61. The van der Waals surface area contributed by atoms with E-state index in [0.29, 0.717) is 23.4 Å². The first-order valence-corrected chi connectivity index (χ1v) is 11.3. The van der Waals surface area contributed by atoms with Crippen LogP contribution in [0, 0.1) is 0 Å². The van der Waals surface area contributed by atoms with Crippen LogP contribution < -0.4 is 5.56 Å². The quantitative estimate of drug-likeness (QED) is 0.488. The van der Waals surface area contributed by atoms with Crippen molar-refractivity contribution in [2.75, 3.05) is 6.54 Å². The molecule has 142 valence electrons. The van der Waals surface area contributed by atoms with E-state index in [9.17, 15) is 13.2 Å². The summed E-state index contributed by atoms with van der Waals surface area (Å²) < 4.78 is 29.8. The molecule has 9 heteroatoms. The second kappa shape index (κ2) is 6.38. The Kier molecular flexibility index (Phi) is 4.06. The van der Waals surface area contributed by atoms with Crippen LogP contribution in [-0.2, 0) is 23.0 Å². The molecule has 1 aliphatic heterocycles. The van der Waals surface area contributed by atoms with Gasteiger partial charge in [-0.3, -0.25) is 9.20 Å². The van der Waals surface area contributed by atoms with Gasteiger partial charge in [0.15, 0.2) is 4.96 Å². The minimum absolute atomic E-state index is 0.0601. The lowest BCUT2D eigenvalue weighted by atomic mass is 10.0. The molecule has 0 N–H and O–H groups in total. The summed E-state index contributed by atoms with van der Waals surface area (Å²) in [6.07, 6.45) is 2.42. The van der Waals surface area contributed by atoms with E-state index in [-0.39, 0.29) is 21.8 Å². The van der Waals surface area contributed by atoms with Gasteiger partial charge >= 0.3 is 0 Å². The van der Waals surface area contributed by atoms with Crippen molar-refractivity contribution >= 4 is 48.8 Å². The molecule has 0 unspecified atom stereocenters. The summed E-state index contributed by atoms with van der Waals surface area (Å²) in [6, 6.07) is 10.7. The van der Waals surface area contributed by atoms with Crippen molar-refractivity contribution < 1.29 is 8.42 Å². The molecule has 5 rings (SSSR count). The average molecular weight is 432 g/mol. The maximum absolute atomic E-state index is 13.3. The zero-order chi connectivity index (χ0) is 19.5. The number of thiazole rings is 1. The Labute approximate surface area is 169 Å². The number of hydrogen-bond donors (Lipinski definition) is 0. The largest absolute Gasteiger partial charge is 0.292 e. The molecule has 0 amide bonds. The molecular formula is C19H14ClN3O3S2. The maximum atomic E-state index is 13.3. The van der Waals surface area contributed by atoms with Gasteiger partial charge in [-0.15, -0.1) is 11.3 Å². The van der Waals surface area contributed by atoms with Gasteiger partial charge in [0, 0.05) is 24.7 Å². The molecule has 3 heterocycles. The second-order valence-electron chi connectivity index (χ2n) is 6.63. The number of rotatable bonds is 2. The van der Waals surface area contributed by atoms with Gasteiger partial charge in [-0.05, 0) is 29.7 Å². The molecule has 0 atom stereocenters. The van der Waals surface area contributed by atoms with Crippen molar-refractivity contribution in [3.05, 3.63) is 74.5 Å². The minimum Gasteiger partial charge on any atom is -0.292 e. The molecular weight excluding hydrogens is 418 g/mol. The van der Waals surface area contributed by atoms with Crippen molar-refractivity contribution in [1.29, 1.82) is 0 Å². The molecule has 0 saturated heterocycles. The summed E-state index contributed by atoms with van der Waals surface area (Å²) in [5.41, 5.74) is 2.22. The summed E-state index contributed by atoms with van der Waals surface area (Å²) in [4.78, 5) is 17.0. The number of hydrogen-bond acceptors (Lipinski definition) is 5. The predicted molar refractivity (Wildman–Crippen MR) is 110 cm³/mol. The average Bonchev–Trinajstić information content (AvgIpc) is 3.15. The fourth-order valence-corrected chi connectivity index (χ4v) is 6.26. The van der Waals surface area contributed by atoms with E-state index >= 15 is 0 Å². The molecule has 4 aromatic rings. The lowest BCUT2D eigenvalue weighted by molar-refractivity contribution is 0.391. The smallest absolute Gasteiger partial charge is 0.281 e. The molecule has 0 bridgehead atoms. The van der Waals surface area contributed by atoms with Crippen molar-refractivity contribution in [3.63, 3.8) is 0 Å². The molecule has 2 aromatic carbocycles. The van der Waals surface area contributed by atoms with Crippen LogP contribution in [0.5, 0.6) is 0 Å². The van der Waals surface area contributed by atoms with Gasteiger partial charge in [0.05, 0.1) is 15.9 Å². The molecule has 2 aromatic heterocycles. The van der Waals surface area contributed by atoms with E-state index in [1.54, 1.807) is 10.6 Å². The highest BCUT2D eigenvalue weighted by atomic mass is 35.5. The number of fused-ring (bicyclic) bond motifs is 4. The molecule has 0 radical (unpaired) electrons. The van der Waals surface area contributed by atoms with Gasteiger partial charge < -0.3 is 0 Å². The van der Waals surface area contributed by atoms with Gasteiger partial charge in [-0.25, -0.2) is 8.42 Å². The van der Waals surface area contributed by atoms with Crippen molar-refractivity contribution in [2.24, 2.45) is 0 Å². The number of aromatic nitrogens is 2. The standard InChI is InChI=1S/C19H14ClN3O3S2/c20-15-10-16-14(18(24)21-19-23(16)7-8-27-19)9-17(15)28(25,26)22-6-5-12-3-1-2-4-13(12)11-22/h1-4,7-10H,5-6,11H2. The van der Waals surface area contributed by atoms with Crippen LogP contribution in [0.4, 0.5) is 0 Å². The molecule has 0 fully saturated rings. The van der Waals surface area contributed by atoms with Crippen LogP contribution >= 0.6 is 22.9 Å². The molecule has 0 saturated carbocycles. The van der Waals surface area contributed by atoms with Crippen LogP contribution in [-0.4, -0.2) is 28.7 Å². The lowest BCUT2D eigenvalue weighted by Gasteiger charge is -2.28. The number of sulfonamides is 1. The molecule has 1 aliphatic rings. The SMILES string of the molecule is O=c1nc2sccn2c2cc(Cl)c(S(=O)(=O)N3CCc4ccccc4C3)cc12. The summed E-state index contributed by atoms with van der Waals surface area (Å²) in [5, 5.41) is 2.14. The molecule has 6 nitrogen and oxygen atoms in total. The van der Waals surface area contributed by atoms with Crippen molar-refractivity contribution in [3.8, 4) is 0 Å². The fraction of sp³-hybridized carbons (Fsp3) is 0.158. The Morgan fingerprint density at radius 3 is 2.75 bits per heavy atom. The van der Waals surface area contributed by atoms with E-state index in [1.807, 2.05) is 29.6 Å².